The van der Waals surface area contributed by atoms with E-state index in [1.165, 1.54) is 24.3 Å². The number of carbonyl (C=O) groups excluding carboxylic acids is 1. The van der Waals surface area contributed by atoms with Crippen LogP contribution in [-0.4, -0.2) is 29.2 Å². The number of halogens is 3. The Kier molecular flexibility index (Phi) is 8.71. The van der Waals surface area contributed by atoms with E-state index in [1.54, 1.807) is 29.2 Å². The van der Waals surface area contributed by atoms with Crippen molar-refractivity contribution in [3.8, 4) is 11.1 Å². The van der Waals surface area contributed by atoms with Crippen LogP contribution in [0.2, 0.25) is 0 Å². The van der Waals surface area contributed by atoms with Crippen LogP contribution in [0.5, 0.6) is 0 Å². The van der Waals surface area contributed by atoms with E-state index in [0.717, 1.165) is 23.6 Å². The summed E-state index contributed by atoms with van der Waals surface area (Å²) in [6, 6.07) is 16.4. The minimum Gasteiger partial charge on any atom is -0.396 e. The van der Waals surface area contributed by atoms with Gasteiger partial charge >= 0.3 is 6.03 Å². The lowest BCUT2D eigenvalue weighted by molar-refractivity contribution is 0.154. The van der Waals surface area contributed by atoms with Crippen LogP contribution in [-0.2, 0) is 0 Å². The highest BCUT2D eigenvalue weighted by Crippen LogP contribution is 2.30. The van der Waals surface area contributed by atoms with Crippen molar-refractivity contribution >= 4 is 6.03 Å². The monoisotopic (exact) mass is 470 g/mol. The van der Waals surface area contributed by atoms with Crippen LogP contribution in [0, 0.1) is 17.5 Å². The molecule has 0 radical (unpaired) electrons. The molecule has 0 aromatic heterocycles. The highest BCUT2D eigenvalue weighted by Gasteiger charge is 2.29. The van der Waals surface area contributed by atoms with Gasteiger partial charge in [0.05, 0.1) is 12.1 Å². The standard InChI is InChI=1S/C24H21F3N2O.C3H8O/c1-15(16-2-4-17(5-3-16)21-11-10-20(26)14-22(21)27)29-13-12-23(28-24(29)30)18-6-8-19(25)9-7-18;1-2-3-4/h2-11,14-15,23H,12-13H2,1H3,(H,28,30);4H,2-3H2,1H3. The third-order valence-electron chi connectivity index (χ3n) is 5.82. The van der Waals surface area contributed by atoms with Crippen LogP contribution >= 0.6 is 0 Å². The Bertz CT molecular complexity index is 1090. The molecule has 0 spiro atoms. The molecule has 180 valence electrons. The first-order chi connectivity index (χ1) is 16.3. The van der Waals surface area contributed by atoms with Gasteiger partial charge < -0.3 is 15.3 Å². The van der Waals surface area contributed by atoms with Gasteiger partial charge in [-0.15, -0.1) is 0 Å². The Morgan fingerprint density at radius 1 is 1.00 bits per heavy atom. The molecule has 2 unspecified atom stereocenters. The molecule has 1 aliphatic heterocycles. The molecule has 3 aromatic rings. The Morgan fingerprint density at radius 3 is 2.18 bits per heavy atom. The second-order valence-corrected chi connectivity index (χ2v) is 8.18. The van der Waals surface area contributed by atoms with Gasteiger partial charge in [-0.3, -0.25) is 0 Å². The van der Waals surface area contributed by atoms with Gasteiger partial charge in [-0.25, -0.2) is 18.0 Å². The van der Waals surface area contributed by atoms with Gasteiger partial charge in [0, 0.05) is 24.8 Å². The summed E-state index contributed by atoms with van der Waals surface area (Å²) in [4.78, 5) is 14.4. The van der Waals surface area contributed by atoms with Crippen LogP contribution < -0.4 is 5.32 Å². The number of nitrogens with zero attached hydrogens (tertiary/aromatic N) is 1. The topological polar surface area (TPSA) is 52.6 Å². The van der Waals surface area contributed by atoms with Gasteiger partial charge in [0.15, 0.2) is 0 Å². The summed E-state index contributed by atoms with van der Waals surface area (Å²) in [5.41, 5.74) is 2.76. The maximum absolute atomic E-state index is 14.0. The van der Waals surface area contributed by atoms with E-state index in [-0.39, 0.29) is 23.9 Å². The summed E-state index contributed by atoms with van der Waals surface area (Å²) < 4.78 is 40.3. The van der Waals surface area contributed by atoms with Gasteiger partial charge in [0.25, 0.3) is 0 Å². The maximum atomic E-state index is 14.0. The smallest absolute Gasteiger partial charge is 0.318 e. The van der Waals surface area contributed by atoms with E-state index in [1.807, 2.05) is 26.0 Å². The molecule has 0 bridgehead atoms. The quantitative estimate of drug-likeness (QED) is 0.455. The predicted octanol–water partition coefficient (Wildman–Crippen LogP) is 6.38. The zero-order valence-electron chi connectivity index (χ0n) is 19.3. The summed E-state index contributed by atoms with van der Waals surface area (Å²) >= 11 is 0. The molecule has 2 atom stereocenters. The van der Waals surface area contributed by atoms with E-state index in [4.69, 9.17) is 5.11 Å². The lowest BCUT2D eigenvalue weighted by Gasteiger charge is -2.37. The van der Waals surface area contributed by atoms with E-state index in [2.05, 4.69) is 5.32 Å². The summed E-state index contributed by atoms with van der Waals surface area (Å²) in [6.45, 7) is 4.74. The Balaban J connectivity index is 0.000000751. The minimum atomic E-state index is -0.614. The van der Waals surface area contributed by atoms with Gasteiger partial charge in [-0.1, -0.05) is 43.3 Å². The molecule has 2 amide bonds. The molecule has 0 aliphatic carbocycles. The second-order valence-electron chi connectivity index (χ2n) is 8.18. The third-order valence-corrected chi connectivity index (χ3v) is 5.82. The van der Waals surface area contributed by atoms with Gasteiger partial charge in [0.2, 0.25) is 0 Å². The van der Waals surface area contributed by atoms with E-state index >= 15 is 0 Å². The average molecular weight is 471 g/mol. The Morgan fingerprint density at radius 2 is 1.62 bits per heavy atom. The third kappa shape index (κ3) is 6.17. The number of aliphatic hydroxyl groups excluding tert-OH is 1. The summed E-state index contributed by atoms with van der Waals surface area (Å²) in [5, 5.41) is 10.9. The fourth-order valence-electron chi connectivity index (χ4n) is 3.83. The normalized spacial score (nSPS) is 16.4. The highest BCUT2D eigenvalue weighted by molar-refractivity contribution is 5.76. The zero-order valence-corrected chi connectivity index (χ0v) is 19.3. The molecule has 1 aliphatic rings. The molecule has 7 heteroatoms. The number of carbonyl (C=O) groups is 1. The van der Waals surface area contributed by atoms with Crippen molar-refractivity contribution < 1.29 is 23.1 Å². The summed E-state index contributed by atoms with van der Waals surface area (Å²) in [7, 11) is 0. The number of hydrogen-bond acceptors (Lipinski definition) is 2. The maximum Gasteiger partial charge on any atom is 0.318 e. The number of rotatable bonds is 5. The average Bonchev–Trinajstić information content (AvgIpc) is 2.84. The Labute approximate surface area is 198 Å². The lowest BCUT2D eigenvalue weighted by atomic mass is 9.98. The van der Waals surface area contributed by atoms with Crippen molar-refractivity contribution in [1.29, 1.82) is 0 Å². The molecule has 1 saturated heterocycles. The van der Waals surface area contributed by atoms with Gasteiger partial charge in [0.1, 0.15) is 17.5 Å². The molecular weight excluding hydrogens is 441 g/mol. The molecule has 0 saturated carbocycles. The first-order valence-corrected chi connectivity index (χ1v) is 11.3. The van der Waals surface area contributed by atoms with Crippen LogP contribution in [0.4, 0.5) is 18.0 Å². The molecule has 4 rings (SSSR count). The first kappa shape index (κ1) is 25.3. The van der Waals surface area contributed by atoms with Crippen LogP contribution in [0.15, 0.2) is 66.7 Å². The first-order valence-electron chi connectivity index (χ1n) is 11.3. The van der Waals surface area contributed by atoms with Crippen molar-refractivity contribution in [3.63, 3.8) is 0 Å². The molecule has 34 heavy (non-hydrogen) atoms. The van der Waals surface area contributed by atoms with E-state index < -0.39 is 11.6 Å². The molecule has 1 fully saturated rings. The molecular formula is C27H29F3N2O2. The van der Waals surface area contributed by atoms with Crippen LogP contribution in [0.3, 0.4) is 0 Å². The van der Waals surface area contributed by atoms with Crippen LogP contribution in [0.1, 0.15) is 49.9 Å². The van der Waals surface area contributed by atoms with Gasteiger partial charge in [-0.05, 0) is 60.7 Å². The van der Waals surface area contributed by atoms with Crippen LogP contribution in [0.25, 0.3) is 11.1 Å². The van der Waals surface area contributed by atoms with Gasteiger partial charge in [-0.2, -0.15) is 0 Å². The molecule has 3 aromatic carbocycles. The number of urea groups is 1. The number of hydrogen-bond donors (Lipinski definition) is 2. The zero-order chi connectivity index (χ0) is 24.7. The van der Waals surface area contributed by atoms with E-state index in [0.29, 0.717) is 30.7 Å². The molecule has 2 N–H and O–H groups in total. The van der Waals surface area contributed by atoms with Crippen molar-refractivity contribution in [1.82, 2.24) is 10.2 Å². The largest absolute Gasteiger partial charge is 0.396 e. The van der Waals surface area contributed by atoms with Crippen molar-refractivity contribution in [2.75, 3.05) is 13.2 Å². The lowest BCUT2D eigenvalue weighted by Crippen LogP contribution is -2.48. The SMILES string of the molecule is CC(c1ccc(-c2ccc(F)cc2F)cc1)N1CCC(c2ccc(F)cc2)NC1=O.CCCO. The second kappa shape index (κ2) is 11.7. The predicted molar refractivity (Wildman–Crippen MR) is 127 cm³/mol. The number of amides is 2. The fraction of sp³-hybridized carbons (Fsp3) is 0.296. The van der Waals surface area contributed by atoms with Crippen molar-refractivity contribution in [3.05, 3.63) is 95.3 Å². The van der Waals surface area contributed by atoms with Crippen molar-refractivity contribution in [2.24, 2.45) is 0 Å². The number of aliphatic hydroxyl groups is 1. The summed E-state index contributed by atoms with van der Waals surface area (Å²) in [6.07, 6.45) is 1.58. The number of benzene rings is 3. The minimum absolute atomic E-state index is 0.148. The van der Waals surface area contributed by atoms with Crippen molar-refractivity contribution in [2.45, 2.75) is 38.8 Å². The Hall–Kier alpha value is -3.32. The summed E-state index contributed by atoms with van der Waals surface area (Å²) in [5.74, 6) is -1.53. The fourth-order valence-corrected chi connectivity index (χ4v) is 3.83. The molecule has 1 heterocycles. The number of nitrogens with one attached hydrogen (secondary N) is 1. The molecule has 4 nitrogen and oxygen atoms in total. The highest BCUT2D eigenvalue weighted by atomic mass is 19.1. The van der Waals surface area contributed by atoms with E-state index in [9.17, 15) is 18.0 Å².